The van der Waals surface area contributed by atoms with Crippen LogP contribution in [-0.2, 0) is 37.5 Å². The summed E-state index contributed by atoms with van der Waals surface area (Å²) in [5, 5.41) is 10.9. The number of hydrogen-bond acceptors (Lipinski definition) is 5. The van der Waals surface area contributed by atoms with Crippen molar-refractivity contribution in [3.8, 4) is 23.0 Å². The first-order valence-electron chi connectivity index (χ1n) is 13.6. The number of benzene rings is 5. The summed E-state index contributed by atoms with van der Waals surface area (Å²) in [5.74, 6) is 1.56. The molecule has 0 atom stereocenters. The number of carbonyl (C=O) groups is 1. The lowest BCUT2D eigenvalue weighted by Crippen LogP contribution is -2.09. The van der Waals surface area contributed by atoms with Gasteiger partial charge in [-0.25, -0.2) is 0 Å². The Morgan fingerprint density at radius 1 is 0.512 bits per heavy atom. The van der Waals surface area contributed by atoms with Crippen LogP contribution in [0.5, 0.6) is 23.0 Å². The van der Waals surface area contributed by atoms with Gasteiger partial charge in [-0.3, -0.25) is 4.79 Å². The number of phenols is 1. The fourth-order valence-electron chi connectivity index (χ4n) is 4.40. The van der Waals surface area contributed by atoms with Crippen LogP contribution in [0, 0.1) is 0 Å². The van der Waals surface area contributed by atoms with Gasteiger partial charge in [0, 0.05) is 30.5 Å². The standard InChI is InChI=1S/C36H32O5/c37-31(20-27-16-18-32(19-17-27)39-24-28-10-4-1-5-11-28)21-34-35(38)22-33(40-25-29-12-6-2-7-13-29)23-36(34)41-26-30-14-8-3-9-15-30/h1-19,22-23,38H,20-21,24-26H2. The third kappa shape index (κ3) is 8.23. The lowest BCUT2D eigenvalue weighted by Gasteiger charge is -2.16. The predicted octanol–water partition coefficient (Wildman–Crippen LogP) is 7.48. The monoisotopic (exact) mass is 544 g/mol. The summed E-state index contributed by atoms with van der Waals surface area (Å²) in [6.45, 7) is 1.13. The van der Waals surface area contributed by atoms with Crippen molar-refractivity contribution in [3.05, 3.63) is 155 Å². The van der Waals surface area contributed by atoms with Gasteiger partial charge in [0.15, 0.2) is 0 Å². The maximum atomic E-state index is 13.1. The lowest BCUT2D eigenvalue weighted by atomic mass is 10.0. The highest BCUT2D eigenvalue weighted by atomic mass is 16.5. The van der Waals surface area contributed by atoms with Crippen LogP contribution < -0.4 is 14.2 Å². The molecule has 0 aliphatic carbocycles. The zero-order valence-electron chi connectivity index (χ0n) is 22.7. The van der Waals surface area contributed by atoms with Gasteiger partial charge in [0.2, 0.25) is 0 Å². The van der Waals surface area contributed by atoms with Crippen LogP contribution in [0.15, 0.2) is 127 Å². The van der Waals surface area contributed by atoms with Crippen molar-refractivity contribution in [1.82, 2.24) is 0 Å². The molecule has 5 rings (SSSR count). The first-order valence-corrected chi connectivity index (χ1v) is 13.6. The minimum Gasteiger partial charge on any atom is -0.507 e. The van der Waals surface area contributed by atoms with Crippen LogP contribution in [0.25, 0.3) is 0 Å². The Balaban J connectivity index is 1.25. The molecule has 0 saturated heterocycles. The highest BCUT2D eigenvalue weighted by Gasteiger charge is 2.17. The van der Waals surface area contributed by atoms with E-state index in [4.69, 9.17) is 14.2 Å². The topological polar surface area (TPSA) is 65.0 Å². The van der Waals surface area contributed by atoms with Gasteiger partial charge >= 0.3 is 0 Å². The molecular weight excluding hydrogens is 512 g/mol. The van der Waals surface area contributed by atoms with E-state index in [1.54, 1.807) is 12.1 Å². The van der Waals surface area contributed by atoms with E-state index >= 15 is 0 Å². The first-order chi connectivity index (χ1) is 20.1. The smallest absolute Gasteiger partial charge is 0.141 e. The third-order valence-electron chi connectivity index (χ3n) is 6.59. The summed E-state index contributed by atoms with van der Waals surface area (Å²) >= 11 is 0. The van der Waals surface area contributed by atoms with E-state index in [1.807, 2.05) is 115 Å². The molecule has 0 fully saturated rings. The van der Waals surface area contributed by atoms with E-state index in [0.717, 1.165) is 28.0 Å². The quantitative estimate of drug-likeness (QED) is 0.166. The van der Waals surface area contributed by atoms with E-state index < -0.39 is 0 Å². The Labute approximate surface area is 240 Å². The molecule has 1 N–H and O–H groups in total. The Bertz CT molecular complexity index is 1530. The zero-order chi connectivity index (χ0) is 28.3. The second kappa shape index (κ2) is 13.9. The van der Waals surface area contributed by atoms with Crippen molar-refractivity contribution < 1.29 is 24.1 Å². The summed E-state index contributed by atoms with van der Waals surface area (Å²) < 4.78 is 17.9. The summed E-state index contributed by atoms with van der Waals surface area (Å²) in [4.78, 5) is 13.1. The SMILES string of the molecule is O=C(Cc1ccc(OCc2ccccc2)cc1)Cc1c(O)cc(OCc2ccccc2)cc1OCc1ccccc1. The molecule has 0 aromatic heterocycles. The van der Waals surface area contributed by atoms with Crippen LogP contribution in [0.4, 0.5) is 0 Å². The Morgan fingerprint density at radius 2 is 1.00 bits per heavy atom. The molecule has 5 aromatic carbocycles. The second-order valence-electron chi connectivity index (χ2n) is 9.78. The molecule has 0 saturated carbocycles. The van der Waals surface area contributed by atoms with E-state index in [9.17, 15) is 9.90 Å². The predicted molar refractivity (Wildman–Crippen MR) is 159 cm³/mol. The molecule has 41 heavy (non-hydrogen) atoms. The van der Waals surface area contributed by atoms with Gasteiger partial charge in [0.25, 0.3) is 0 Å². The van der Waals surface area contributed by atoms with E-state index in [2.05, 4.69) is 0 Å². The highest BCUT2D eigenvalue weighted by Crippen LogP contribution is 2.35. The van der Waals surface area contributed by atoms with Crippen molar-refractivity contribution >= 4 is 5.78 Å². The molecule has 0 radical (unpaired) electrons. The van der Waals surface area contributed by atoms with Crippen molar-refractivity contribution in [1.29, 1.82) is 0 Å². The molecule has 5 nitrogen and oxygen atoms in total. The molecule has 0 aliphatic rings. The molecule has 5 heteroatoms. The molecule has 206 valence electrons. The van der Waals surface area contributed by atoms with Crippen molar-refractivity contribution in [3.63, 3.8) is 0 Å². The third-order valence-corrected chi connectivity index (χ3v) is 6.59. The van der Waals surface area contributed by atoms with E-state index in [1.165, 1.54) is 0 Å². The Morgan fingerprint density at radius 3 is 1.54 bits per heavy atom. The lowest BCUT2D eigenvalue weighted by molar-refractivity contribution is -0.117. The number of phenolic OH excluding ortho intramolecular Hbond substituents is 1. The molecule has 0 heterocycles. The molecule has 0 unspecified atom stereocenters. The number of carbonyl (C=O) groups excluding carboxylic acids is 1. The average molecular weight is 545 g/mol. The zero-order valence-corrected chi connectivity index (χ0v) is 22.7. The fraction of sp³-hybridized carbons (Fsp3) is 0.139. The fourth-order valence-corrected chi connectivity index (χ4v) is 4.40. The first kappa shape index (κ1) is 27.5. The van der Waals surface area contributed by atoms with Crippen molar-refractivity contribution in [2.24, 2.45) is 0 Å². The number of aromatic hydroxyl groups is 1. The van der Waals surface area contributed by atoms with Gasteiger partial charge in [-0.15, -0.1) is 0 Å². The summed E-state index contributed by atoms with van der Waals surface area (Å²) in [6, 6.07) is 40.3. The van der Waals surface area contributed by atoms with Crippen LogP contribution in [0.3, 0.4) is 0 Å². The summed E-state index contributed by atoms with van der Waals surface area (Å²) in [6.07, 6.45) is 0.254. The average Bonchev–Trinajstić information content (AvgIpc) is 3.01. The molecular formula is C36H32O5. The van der Waals surface area contributed by atoms with Crippen LogP contribution in [-0.4, -0.2) is 10.9 Å². The van der Waals surface area contributed by atoms with E-state index in [0.29, 0.717) is 36.9 Å². The maximum absolute atomic E-state index is 13.1. The van der Waals surface area contributed by atoms with Crippen LogP contribution in [0.2, 0.25) is 0 Å². The van der Waals surface area contributed by atoms with E-state index in [-0.39, 0.29) is 24.4 Å². The van der Waals surface area contributed by atoms with Crippen molar-refractivity contribution in [2.75, 3.05) is 0 Å². The van der Waals surface area contributed by atoms with Gasteiger partial charge in [0.05, 0.1) is 0 Å². The summed E-state index contributed by atoms with van der Waals surface area (Å²) in [7, 11) is 0. The molecule has 0 aliphatic heterocycles. The van der Waals surface area contributed by atoms with Gasteiger partial charge in [-0.2, -0.15) is 0 Å². The summed E-state index contributed by atoms with van der Waals surface area (Å²) in [5.41, 5.74) is 4.40. The van der Waals surface area contributed by atoms with Crippen LogP contribution in [0.1, 0.15) is 27.8 Å². The minimum absolute atomic E-state index is 0.0289. The normalized spacial score (nSPS) is 10.6. The molecule has 0 amide bonds. The molecule has 0 spiro atoms. The number of Topliss-reactive ketones (excluding diaryl/α,β-unsaturated/α-hetero) is 1. The number of ether oxygens (including phenoxy) is 3. The second-order valence-corrected chi connectivity index (χ2v) is 9.78. The number of ketones is 1. The Kier molecular flexibility index (Phi) is 9.30. The largest absolute Gasteiger partial charge is 0.507 e. The van der Waals surface area contributed by atoms with Gasteiger partial charge < -0.3 is 19.3 Å². The molecule has 0 bridgehead atoms. The Hall–Kier alpha value is -5.03. The van der Waals surface area contributed by atoms with Gasteiger partial charge in [-0.05, 0) is 34.4 Å². The van der Waals surface area contributed by atoms with Gasteiger partial charge in [0.1, 0.15) is 48.6 Å². The molecule has 5 aromatic rings. The number of rotatable bonds is 13. The van der Waals surface area contributed by atoms with Gasteiger partial charge in [-0.1, -0.05) is 103 Å². The van der Waals surface area contributed by atoms with Crippen LogP contribution >= 0.6 is 0 Å². The number of hydrogen-bond donors (Lipinski definition) is 1. The minimum atomic E-state index is -0.0410. The maximum Gasteiger partial charge on any atom is 0.141 e. The highest BCUT2D eigenvalue weighted by molar-refractivity contribution is 5.84. The van der Waals surface area contributed by atoms with Crippen molar-refractivity contribution in [2.45, 2.75) is 32.7 Å².